The van der Waals surface area contributed by atoms with Gasteiger partial charge in [-0.15, -0.1) is 0 Å². The standard InChI is InChI=1S/C27H32N2O6/c30-25(31)12-14-34-15-13-28-26(32)18-6-5-7-19(16-18)29-27(33)35-17-24-22-10-3-1-8-20(22)21-9-2-4-11-23(21)24/h1-4,8-11,18-19,24H,5-7,12-17H2,(H,28,32)(H,29,33)(H,30,31). The summed E-state index contributed by atoms with van der Waals surface area (Å²) in [6.07, 6.45) is 2.49. The lowest BCUT2D eigenvalue weighted by molar-refractivity contribution is -0.138. The van der Waals surface area contributed by atoms with E-state index in [4.69, 9.17) is 14.6 Å². The minimum absolute atomic E-state index is 0.00995. The zero-order valence-electron chi connectivity index (χ0n) is 19.7. The summed E-state index contributed by atoms with van der Waals surface area (Å²) in [6, 6.07) is 16.3. The number of benzene rings is 2. The van der Waals surface area contributed by atoms with Gasteiger partial charge in [-0.05, 0) is 41.5 Å². The van der Waals surface area contributed by atoms with Crippen LogP contribution < -0.4 is 10.6 Å². The molecule has 0 bridgehead atoms. The van der Waals surface area contributed by atoms with Crippen molar-refractivity contribution in [3.63, 3.8) is 0 Å². The van der Waals surface area contributed by atoms with Crippen LogP contribution in [0.1, 0.15) is 49.1 Å². The summed E-state index contributed by atoms with van der Waals surface area (Å²) in [7, 11) is 0. The van der Waals surface area contributed by atoms with Crippen molar-refractivity contribution in [1.82, 2.24) is 10.6 Å². The topological polar surface area (TPSA) is 114 Å². The number of carbonyl (C=O) groups is 3. The van der Waals surface area contributed by atoms with Crippen LogP contribution in [0.5, 0.6) is 0 Å². The molecule has 0 heterocycles. The summed E-state index contributed by atoms with van der Waals surface area (Å²) in [6.45, 7) is 0.992. The van der Waals surface area contributed by atoms with Crippen molar-refractivity contribution in [2.45, 2.75) is 44.1 Å². The van der Waals surface area contributed by atoms with Gasteiger partial charge < -0.3 is 25.2 Å². The summed E-state index contributed by atoms with van der Waals surface area (Å²) in [5.74, 6) is -1.14. The van der Waals surface area contributed by atoms with E-state index in [-0.39, 0.29) is 50.0 Å². The SMILES string of the molecule is O=C(O)CCOCCNC(=O)C1CCCC(NC(=O)OCC2c3ccccc3-c3ccccc32)C1. The Morgan fingerprint density at radius 2 is 1.63 bits per heavy atom. The highest BCUT2D eigenvalue weighted by molar-refractivity contribution is 5.80. The second-order valence-corrected chi connectivity index (χ2v) is 9.08. The Balaban J connectivity index is 1.22. The Kier molecular flexibility index (Phi) is 8.36. The van der Waals surface area contributed by atoms with E-state index < -0.39 is 12.1 Å². The maximum atomic E-state index is 12.6. The number of ether oxygens (including phenoxy) is 2. The lowest BCUT2D eigenvalue weighted by Gasteiger charge is -2.29. The minimum atomic E-state index is -0.911. The molecule has 2 amide bonds. The highest BCUT2D eigenvalue weighted by atomic mass is 16.5. The molecule has 0 aromatic heterocycles. The summed E-state index contributed by atoms with van der Waals surface area (Å²) in [4.78, 5) is 35.6. The number of fused-ring (bicyclic) bond motifs is 3. The van der Waals surface area contributed by atoms with Crippen LogP contribution in [0.25, 0.3) is 11.1 Å². The first-order valence-electron chi connectivity index (χ1n) is 12.2. The highest BCUT2D eigenvalue weighted by Crippen LogP contribution is 2.44. The maximum absolute atomic E-state index is 12.6. The average Bonchev–Trinajstić information content (AvgIpc) is 3.18. The Labute approximate surface area is 205 Å². The first-order chi connectivity index (χ1) is 17.0. The lowest BCUT2D eigenvalue weighted by Crippen LogP contribution is -2.43. The van der Waals surface area contributed by atoms with Crippen LogP contribution >= 0.6 is 0 Å². The van der Waals surface area contributed by atoms with Gasteiger partial charge in [0.2, 0.25) is 5.91 Å². The Bertz CT molecular complexity index is 1010. The van der Waals surface area contributed by atoms with Crippen LogP contribution in [-0.4, -0.2) is 55.5 Å². The van der Waals surface area contributed by atoms with Crippen molar-refractivity contribution < 1.29 is 29.0 Å². The van der Waals surface area contributed by atoms with Gasteiger partial charge in [0.15, 0.2) is 0 Å². The second kappa shape index (κ2) is 11.8. The number of rotatable bonds is 10. The Hall–Kier alpha value is -3.39. The van der Waals surface area contributed by atoms with E-state index in [0.29, 0.717) is 13.0 Å². The molecule has 0 aliphatic heterocycles. The van der Waals surface area contributed by atoms with Crippen molar-refractivity contribution in [3.05, 3.63) is 59.7 Å². The van der Waals surface area contributed by atoms with Gasteiger partial charge in [-0.2, -0.15) is 0 Å². The number of hydrogen-bond acceptors (Lipinski definition) is 5. The molecular formula is C27H32N2O6. The van der Waals surface area contributed by atoms with Gasteiger partial charge in [0, 0.05) is 24.4 Å². The third-order valence-corrected chi connectivity index (χ3v) is 6.72. The summed E-state index contributed by atoms with van der Waals surface area (Å²) >= 11 is 0. The number of aliphatic carboxylic acids is 1. The molecule has 2 unspecified atom stereocenters. The van der Waals surface area contributed by atoms with Gasteiger partial charge in [0.1, 0.15) is 6.61 Å². The molecule has 2 aromatic carbocycles. The molecule has 8 heteroatoms. The zero-order chi connectivity index (χ0) is 24.6. The molecule has 186 valence electrons. The highest BCUT2D eigenvalue weighted by Gasteiger charge is 2.31. The van der Waals surface area contributed by atoms with Crippen LogP contribution in [0.2, 0.25) is 0 Å². The third kappa shape index (κ3) is 6.39. The molecule has 3 N–H and O–H groups in total. The van der Waals surface area contributed by atoms with Crippen molar-refractivity contribution in [1.29, 1.82) is 0 Å². The van der Waals surface area contributed by atoms with E-state index in [9.17, 15) is 14.4 Å². The molecule has 2 aliphatic rings. The predicted molar refractivity (Wildman–Crippen MR) is 130 cm³/mol. The normalized spacial score (nSPS) is 18.9. The summed E-state index contributed by atoms with van der Waals surface area (Å²) in [5, 5.41) is 14.4. The van der Waals surface area contributed by atoms with E-state index in [2.05, 4.69) is 34.9 Å². The quantitative estimate of drug-likeness (QED) is 0.447. The molecule has 35 heavy (non-hydrogen) atoms. The molecule has 0 saturated heterocycles. The van der Waals surface area contributed by atoms with Crippen molar-refractivity contribution in [2.24, 2.45) is 5.92 Å². The molecule has 2 aromatic rings. The number of hydrogen-bond donors (Lipinski definition) is 3. The van der Waals surface area contributed by atoms with Crippen molar-refractivity contribution in [2.75, 3.05) is 26.4 Å². The maximum Gasteiger partial charge on any atom is 0.407 e. The van der Waals surface area contributed by atoms with Crippen LogP contribution in [0, 0.1) is 5.92 Å². The van der Waals surface area contributed by atoms with Gasteiger partial charge >= 0.3 is 12.1 Å². The number of carboxylic acids is 1. The molecule has 1 saturated carbocycles. The average molecular weight is 481 g/mol. The predicted octanol–water partition coefficient (Wildman–Crippen LogP) is 3.69. The smallest absolute Gasteiger partial charge is 0.407 e. The number of carboxylic acid groups (broad SMARTS) is 1. The fraction of sp³-hybridized carbons (Fsp3) is 0.444. The fourth-order valence-corrected chi connectivity index (χ4v) is 5.02. The van der Waals surface area contributed by atoms with Crippen LogP contribution in [0.3, 0.4) is 0 Å². The minimum Gasteiger partial charge on any atom is -0.481 e. The Morgan fingerprint density at radius 3 is 2.31 bits per heavy atom. The second-order valence-electron chi connectivity index (χ2n) is 9.08. The van der Waals surface area contributed by atoms with E-state index in [1.807, 2.05) is 24.3 Å². The van der Waals surface area contributed by atoms with Gasteiger partial charge in [0.05, 0.1) is 19.6 Å². The van der Waals surface area contributed by atoms with E-state index in [1.165, 1.54) is 22.3 Å². The molecule has 4 rings (SSSR count). The zero-order valence-corrected chi connectivity index (χ0v) is 19.7. The molecule has 0 radical (unpaired) electrons. The monoisotopic (exact) mass is 480 g/mol. The van der Waals surface area contributed by atoms with Crippen LogP contribution in [0.15, 0.2) is 48.5 Å². The van der Waals surface area contributed by atoms with E-state index >= 15 is 0 Å². The first-order valence-corrected chi connectivity index (χ1v) is 12.2. The van der Waals surface area contributed by atoms with Crippen molar-refractivity contribution >= 4 is 18.0 Å². The molecule has 0 spiro atoms. The molecule has 8 nitrogen and oxygen atoms in total. The van der Waals surface area contributed by atoms with Crippen molar-refractivity contribution in [3.8, 4) is 11.1 Å². The Morgan fingerprint density at radius 1 is 0.943 bits per heavy atom. The van der Waals surface area contributed by atoms with Gasteiger partial charge in [0.25, 0.3) is 0 Å². The summed E-state index contributed by atoms with van der Waals surface area (Å²) < 4.78 is 10.8. The van der Waals surface area contributed by atoms with Gasteiger partial charge in [-0.1, -0.05) is 55.0 Å². The van der Waals surface area contributed by atoms with Gasteiger partial charge in [-0.25, -0.2) is 4.79 Å². The van der Waals surface area contributed by atoms with Gasteiger partial charge in [-0.3, -0.25) is 9.59 Å². The first kappa shape index (κ1) is 24.7. The number of nitrogens with one attached hydrogen (secondary N) is 2. The molecule has 2 aliphatic carbocycles. The molecule has 2 atom stereocenters. The largest absolute Gasteiger partial charge is 0.481 e. The number of alkyl carbamates (subject to hydrolysis) is 1. The van der Waals surface area contributed by atoms with Crippen LogP contribution in [-0.2, 0) is 19.1 Å². The van der Waals surface area contributed by atoms with E-state index in [0.717, 1.165) is 19.3 Å². The number of carbonyl (C=O) groups excluding carboxylic acids is 2. The molecule has 1 fully saturated rings. The third-order valence-electron chi connectivity index (χ3n) is 6.72. The number of amides is 2. The molecular weight excluding hydrogens is 448 g/mol. The summed E-state index contributed by atoms with van der Waals surface area (Å²) in [5.41, 5.74) is 4.71. The lowest BCUT2D eigenvalue weighted by atomic mass is 9.85. The van der Waals surface area contributed by atoms with Crippen LogP contribution in [0.4, 0.5) is 4.79 Å². The fourth-order valence-electron chi connectivity index (χ4n) is 5.02. The van der Waals surface area contributed by atoms with E-state index in [1.54, 1.807) is 0 Å².